The van der Waals surface area contributed by atoms with Gasteiger partial charge in [-0.2, -0.15) is 0 Å². The number of nitrogens with one attached hydrogen (secondary N) is 1. The van der Waals surface area contributed by atoms with E-state index in [2.05, 4.69) is 15.9 Å². The highest BCUT2D eigenvalue weighted by Gasteiger charge is 2.20. The average molecular weight is 271 g/mol. The van der Waals surface area contributed by atoms with Crippen molar-refractivity contribution >= 4 is 21.8 Å². The van der Waals surface area contributed by atoms with Crippen LogP contribution < -0.4 is 10.5 Å². The molecular formula is C10H11BrN2O2. The third-order valence-electron chi connectivity index (χ3n) is 2.14. The first-order valence-corrected chi connectivity index (χ1v) is 5.34. The van der Waals surface area contributed by atoms with Gasteiger partial charge in [-0.05, 0) is 34.1 Å². The van der Waals surface area contributed by atoms with Crippen LogP contribution in [-0.2, 0) is 4.74 Å². The number of halogens is 1. The fraction of sp³-hybridized carbons (Fsp3) is 0.300. The van der Waals surface area contributed by atoms with Gasteiger partial charge in [0, 0.05) is 10.0 Å². The first-order valence-electron chi connectivity index (χ1n) is 4.55. The predicted molar refractivity (Wildman–Crippen MR) is 60.4 cm³/mol. The van der Waals surface area contributed by atoms with Crippen molar-refractivity contribution in [2.24, 2.45) is 5.73 Å². The molecule has 1 saturated heterocycles. The number of nitrogen functional groups attached to an aromatic ring is 1. The standard InChI is InChI=1S/C10H11BrN2O2/c11-9-3-6(15-7-4-14-5-7)1-2-8(9)10(12)13/h1-3,7H,4-5H2,(H3,12,13). The van der Waals surface area contributed by atoms with Crippen LogP contribution in [0.2, 0.25) is 0 Å². The molecule has 0 unspecified atom stereocenters. The molecule has 0 amide bonds. The summed E-state index contributed by atoms with van der Waals surface area (Å²) >= 11 is 3.35. The van der Waals surface area contributed by atoms with Gasteiger partial charge >= 0.3 is 0 Å². The topological polar surface area (TPSA) is 68.3 Å². The Kier molecular flexibility index (Phi) is 2.93. The molecule has 1 aliphatic rings. The molecule has 1 aromatic rings. The van der Waals surface area contributed by atoms with Gasteiger partial charge in [-0.1, -0.05) is 0 Å². The van der Waals surface area contributed by atoms with Gasteiger partial charge in [0.2, 0.25) is 0 Å². The molecule has 0 atom stereocenters. The average Bonchev–Trinajstić information content (AvgIpc) is 2.11. The number of rotatable bonds is 3. The smallest absolute Gasteiger partial charge is 0.145 e. The minimum absolute atomic E-state index is 0.0420. The van der Waals surface area contributed by atoms with E-state index in [1.807, 2.05) is 6.07 Å². The van der Waals surface area contributed by atoms with Gasteiger partial charge in [0.15, 0.2) is 0 Å². The lowest BCUT2D eigenvalue weighted by atomic mass is 10.2. The summed E-state index contributed by atoms with van der Waals surface area (Å²) < 4.78 is 11.4. The molecule has 0 saturated carbocycles. The summed E-state index contributed by atoms with van der Waals surface area (Å²) in [7, 11) is 0. The van der Waals surface area contributed by atoms with Gasteiger partial charge in [-0.3, -0.25) is 5.41 Å². The van der Waals surface area contributed by atoms with E-state index in [9.17, 15) is 0 Å². The minimum Gasteiger partial charge on any atom is -0.486 e. The van der Waals surface area contributed by atoms with Crippen molar-refractivity contribution < 1.29 is 9.47 Å². The zero-order valence-electron chi connectivity index (χ0n) is 8.00. The number of nitrogens with two attached hydrogens (primary N) is 1. The Morgan fingerprint density at radius 2 is 2.27 bits per heavy atom. The van der Waals surface area contributed by atoms with Crippen LogP contribution in [-0.4, -0.2) is 25.2 Å². The molecule has 0 radical (unpaired) electrons. The predicted octanol–water partition coefficient (Wildman–Crippen LogP) is 1.51. The molecule has 1 aromatic carbocycles. The van der Waals surface area contributed by atoms with Crippen molar-refractivity contribution in [2.45, 2.75) is 6.10 Å². The number of benzene rings is 1. The molecule has 2 rings (SSSR count). The van der Waals surface area contributed by atoms with Crippen LogP contribution in [0, 0.1) is 5.41 Å². The molecule has 0 aromatic heterocycles. The summed E-state index contributed by atoms with van der Waals surface area (Å²) in [6, 6.07) is 5.39. The van der Waals surface area contributed by atoms with Crippen LogP contribution in [0.5, 0.6) is 5.75 Å². The molecule has 1 fully saturated rings. The van der Waals surface area contributed by atoms with E-state index in [-0.39, 0.29) is 11.9 Å². The van der Waals surface area contributed by atoms with Crippen LogP contribution in [0.1, 0.15) is 5.56 Å². The van der Waals surface area contributed by atoms with Crippen LogP contribution in [0.15, 0.2) is 22.7 Å². The molecule has 4 nitrogen and oxygen atoms in total. The van der Waals surface area contributed by atoms with Crippen molar-refractivity contribution in [1.29, 1.82) is 5.41 Å². The maximum Gasteiger partial charge on any atom is 0.145 e. The van der Waals surface area contributed by atoms with E-state index >= 15 is 0 Å². The number of amidine groups is 1. The van der Waals surface area contributed by atoms with Gasteiger partial charge in [-0.25, -0.2) is 0 Å². The Bertz CT molecular complexity index is 391. The van der Waals surface area contributed by atoms with E-state index in [1.54, 1.807) is 12.1 Å². The Balaban J connectivity index is 2.13. The molecule has 1 aliphatic heterocycles. The van der Waals surface area contributed by atoms with Gasteiger partial charge in [0.05, 0.1) is 13.2 Å². The summed E-state index contributed by atoms with van der Waals surface area (Å²) in [6.45, 7) is 1.29. The Hall–Kier alpha value is -1.07. The summed E-state index contributed by atoms with van der Waals surface area (Å²) in [4.78, 5) is 0. The molecule has 3 N–H and O–H groups in total. The SMILES string of the molecule is N=C(N)c1ccc(OC2COC2)cc1Br. The van der Waals surface area contributed by atoms with Crippen molar-refractivity contribution in [3.8, 4) is 5.75 Å². The summed E-state index contributed by atoms with van der Waals surface area (Å²) in [5.74, 6) is 0.806. The maximum absolute atomic E-state index is 7.32. The van der Waals surface area contributed by atoms with Crippen LogP contribution >= 0.6 is 15.9 Å². The van der Waals surface area contributed by atoms with Gasteiger partial charge in [-0.15, -0.1) is 0 Å². The highest BCUT2D eigenvalue weighted by atomic mass is 79.9. The second kappa shape index (κ2) is 4.20. The van der Waals surface area contributed by atoms with E-state index in [0.29, 0.717) is 18.8 Å². The number of hydrogen-bond donors (Lipinski definition) is 2. The molecule has 0 bridgehead atoms. The zero-order valence-corrected chi connectivity index (χ0v) is 9.58. The minimum atomic E-state index is 0.0420. The summed E-state index contributed by atoms with van der Waals surface area (Å²) in [5.41, 5.74) is 6.07. The molecule has 5 heteroatoms. The lowest BCUT2D eigenvalue weighted by Crippen LogP contribution is -2.38. The van der Waals surface area contributed by atoms with Gasteiger partial charge in [0.1, 0.15) is 17.7 Å². The third kappa shape index (κ3) is 2.30. The second-order valence-corrected chi connectivity index (χ2v) is 4.19. The highest BCUT2D eigenvalue weighted by molar-refractivity contribution is 9.10. The van der Waals surface area contributed by atoms with Crippen LogP contribution in [0.4, 0.5) is 0 Å². The number of ether oxygens (including phenoxy) is 2. The van der Waals surface area contributed by atoms with Gasteiger partial charge < -0.3 is 15.2 Å². The maximum atomic E-state index is 7.32. The van der Waals surface area contributed by atoms with Crippen molar-refractivity contribution in [3.63, 3.8) is 0 Å². The first-order chi connectivity index (χ1) is 7.16. The summed E-state index contributed by atoms with van der Waals surface area (Å²) in [5, 5.41) is 7.32. The Labute approximate surface area is 96.0 Å². The highest BCUT2D eigenvalue weighted by Crippen LogP contribution is 2.24. The second-order valence-electron chi connectivity index (χ2n) is 3.33. The normalized spacial score (nSPS) is 15.8. The Morgan fingerprint density at radius 3 is 2.73 bits per heavy atom. The third-order valence-corrected chi connectivity index (χ3v) is 2.80. The van der Waals surface area contributed by atoms with E-state index in [1.165, 1.54) is 0 Å². The Morgan fingerprint density at radius 1 is 1.53 bits per heavy atom. The molecule has 1 heterocycles. The van der Waals surface area contributed by atoms with E-state index in [4.69, 9.17) is 20.6 Å². The fourth-order valence-corrected chi connectivity index (χ4v) is 1.83. The van der Waals surface area contributed by atoms with Gasteiger partial charge in [0.25, 0.3) is 0 Å². The van der Waals surface area contributed by atoms with Crippen LogP contribution in [0.25, 0.3) is 0 Å². The quantitative estimate of drug-likeness (QED) is 0.646. The first kappa shape index (κ1) is 10.4. The van der Waals surface area contributed by atoms with E-state index in [0.717, 1.165) is 10.2 Å². The molecule has 0 spiro atoms. The number of hydrogen-bond acceptors (Lipinski definition) is 3. The zero-order chi connectivity index (χ0) is 10.8. The van der Waals surface area contributed by atoms with Crippen molar-refractivity contribution in [3.05, 3.63) is 28.2 Å². The summed E-state index contributed by atoms with van der Waals surface area (Å²) in [6.07, 6.45) is 0.153. The molecular weight excluding hydrogens is 260 g/mol. The molecule has 80 valence electrons. The van der Waals surface area contributed by atoms with E-state index < -0.39 is 0 Å². The molecule has 0 aliphatic carbocycles. The van der Waals surface area contributed by atoms with Crippen molar-refractivity contribution in [2.75, 3.05) is 13.2 Å². The van der Waals surface area contributed by atoms with Crippen molar-refractivity contribution in [1.82, 2.24) is 0 Å². The largest absolute Gasteiger partial charge is 0.486 e. The molecule has 15 heavy (non-hydrogen) atoms. The fourth-order valence-electron chi connectivity index (χ4n) is 1.26. The monoisotopic (exact) mass is 270 g/mol. The lowest BCUT2D eigenvalue weighted by molar-refractivity contribution is -0.0797. The lowest BCUT2D eigenvalue weighted by Gasteiger charge is -2.26. The van der Waals surface area contributed by atoms with Crippen LogP contribution in [0.3, 0.4) is 0 Å².